The number of aromatic amines is 1. The predicted octanol–water partition coefficient (Wildman–Crippen LogP) is 1.14. The quantitative estimate of drug-likeness (QED) is 0.701. The molecule has 1 fully saturated rings. The van der Waals surface area contributed by atoms with E-state index in [9.17, 15) is 14.4 Å². The number of aromatic nitrogens is 2. The van der Waals surface area contributed by atoms with Crippen LogP contribution in [0.1, 0.15) is 21.7 Å². The van der Waals surface area contributed by atoms with E-state index < -0.39 is 11.2 Å². The number of hydrogen-bond donors (Lipinski definition) is 1. The Morgan fingerprint density at radius 2 is 1.72 bits per heavy atom. The first-order valence-electron chi connectivity index (χ1n) is 9.52. The molecule has 1 N–H and O–H groups in total. The largest absolute Gasteiger partial charge is 0.467 e. The van der Waals surface area contributed by atoms with Crippen LogP contribution in [-0.4, -0.2) is 51.4 Å². The average Bonchev–Trinajstić information content (AvgIpc) is 3.25. The zero-order valence-corrected chi connectivity index (χ0v) is 15.9. The van der Waals surface area contributed by atoms with Crippen molar-refractivity contribution in [3.63, 3.8) is 0 Å². The van der Waals surface area contributed by atoms with Crippen LogP contribution in [0.3, 0.4) is 0 Å². The lowest BCUT2D eigenvalue weighted by Crippen LogP contribution is -2.50. The van der Waals surface area contributed by atoms with Crippen LogP contribution in [0.2, 0.25) is 0 Å². The summed E-state index contributed by atoms with van der Waals surface area (Å²) in [7, 11) is 0. The molecule has 1 aliphatic rings. The summed E-state index contributed by atoms with van der Waals surface area (Å²) in [4.78, 5) is 44.1. The van der Waals surface area contributed by atoms with Crippen LogP contribution in [0, 0.1) is 0 Å². The maximum atomic E-state index is 12.9. The number of furan rings is 1. The molecule has 29 heavy (non-hydrogen) atoms. The highest BCUT2D eigenvalue weighted by molar-refractivity contribution is 5.93. The highest BCUT2D eigenvalue weighted by Crippen LogP contribution is 2.10. The van der Waals surface area contributed by atoms with E-state index in [-0.39, 0.29) is 18.0 Å². The maximum absolute atomic E-state index is 12.9. The Hall–Kier alpha value is -3.39. The molecule has 8 nitrogen and oxygen atoms in total. The molecular weight excluding hydrogens is 372 g/mol. The molecule has 3 aromatic rings. The van der Waals surface area contributed by atoms with Crippen LogP contribution in [-0.2, 0) is 13.1 Å². The normalized spacial score (nSPS) is 14.8. The van der Waals surface area contributed by atoms with Gasteiger partial charge in [-0.1, -0.05) is 30.3 Å². The standard InChI is InChI=1S/C21H22N4O4/c26-19(24-10-8-23(9-11-24)14-16-5-2-1-3-6-16)18-13-22-21(28)25(20(18)27)15-17-7-4-12-29-17/h1-7,12-13H,8-11,14-15H2,(H,22,28). The second-order valence-corrected chi connectivity index (χ2v) is 7.03. The number of carbonyl (C=O) groups is 1. The van der Waals surface area contributed by atoms with Gasteiger partial charge in [-0.2, -0.15) is 0 Å². The minimum absolute atomic E-state index is 0.0207. The van der Waals surface area contributed by atoms with Crippen molar-refractivity contribution in [1.29, 1.82) is 0 Å². The molecule has 0 saturated carbocycles. The summed E-state index contributed by atoms with van der Waals surface area (Å²) < 4.78 is 6.20. The summed E-state index contributed by atoms with van der Waals surface area (Å²) in [5.74, 6) is 0.107. The van der Waals surface area contributed by atoms with E-state index in [1.165, 1.54) is 18.0 Å². The molecule has 3 heterocycles. The third kappa shape index (κ3) is 4.22. The summed E-state index contributed by atoms with van der Waals surface area (Å²) >= 11 is 0. The Labute approximate surface area is 167 Å². The monoisotopic (exact) mass is 394 g/mol. The van der Waals surface area contributed by atoms with Gasteiger partial charge in [0.1, 0.15) is 11.3 Å². The number of amides is 1. The summed E-state index contributed by atoms with van der Waals surface area (Å²) in [5, 5.41) is 0. The first kappa shape index (κ1) is 18.9. The fourth-order valence-electron chi connectivity index (χ4n) is 3.49. The van der Waals surface area contributed by atoms with Crippen LogP contribution in [0.5, 0.6) is 0 Å². The van der Waals surface area contributed by atoms with E-state index in [0.717, 1.165) is 24.2 Å². The lowest BCUT2D eigenvalue weighted by Gasteiger charge is -2.34. The second-order valence-electron chi connectivity index (χ2n) is 7.03. The molecule has 0 unspecified atom stereocenters. The van der Waals surface area contributed by atoms with Gasteiger partial charge in [0.25, 0.3) is 11.5 Å². The fraction of sp³-hybridized carbons (Fsp3) is 0.286. The molecule has 0 atom stereocenters. The van der Waals surface area contributed by atoms with E-state index in [2.05, 4.69) is 22.0 Å². The van der Waals surface area contributed by atoms with E-state index in [4.69, 9.17) is 4.42 Å². The Morgan fingerprint density at radius 3 is 2.41 bits per heavy atom. The van der Waals surface area contributed by atoms with E-state index in [1.54, 1.807) is 17.0 Å². The number of H-pyrrole nitrogens is 1. The van der Waals surface area contributed by atoms with Gasteiger partial charge in [0.15, 0.2) is 0 Å². The minimum atomic E-state index is -0.609. The zero-order valence-electron chi connectivity index (χ0n) is 15.9. The molecule has 2 aromatic heterocycles. The lowest BCUT2D eigenvalue weighted by molar-refractivity contribution is 0.0625. The lowest BCUT2D eigenvalue weighted by atomic mass is 10.2. The molecule has 0 bridgehead atoms. The Bertz CT molecular complexity index is 1080. The Morgan fingerprint density at radius 1 is 0.966 bits per heavy atom. The van der Waals surface area contributed by atoms with Crippen molar-refractivity contribution in [2.45, 2.75) is 13.1 Å². The number of hydrogen-bond acceptors (Lipinski definition) is 5. The van der Waals surface area contributed by atoms with E-state index in [1.807, 2.05) is 18.2 Å². The van der Waals surface area contributed by atoms with Crippen molar-refractivity contribution in [2.75, 3.05) is 26.2 Å². The number of rotatable bonds is 5. The molecule has 150 valence electrons. The molecule has 8 heteroatoms. The molecule has 0 aliphatic carbocycles. The van der Waals surface area contributed by atoms with Gasteiger partial charge >= 0.3 is 5.69 Å². The van der Waals surface area contributed by atoms with Crippen LogP contribution in [0.15, 0.2) is 68.9 Å². The first-order valence-corrected chi connectivity index (χ1v) is 9.52. The van der Waals surface area contributed by atoms with Crippen molar-refractivity contribution >= 4 is 5.91 Å². The number of nitrogens with zero attached hydrogens (tertiary/aromatic N) is 3. The number of piperazine rings is 1. The van der Waals surface area contributed by atoms with Gasteiger partial charge in [0.2, 0.25) is 0 Å². The smallest absolute Gasteiger partial charge is 0.328 e. The highest BCUT2D eigenvalue weighted by atomic mass is 16.3. The van der Waals surface area contributed by atoms with Gasteiger partial charge in [0, 0.05) is 38.9 Å². The average molecular weight is 394 g/mol. The molecule has 1 aliphatic heterocycles. The maximum Gasteiger partial charge on any atom is 0.328 e. The van der Waals surface area contributed by atoms with Gasteiger partial charge in [0.05, 0.1) is 12.8 Å². The zero-order chi connectivity index (χ0) is 20.2. The number of carbonyl (C=O) groups excluding carboxylic acids is 1. The third-order valence-corrected chi connectivity index (χ3v) is 5.09. The van der Waals surface area contributed by atoms with Crippen LogP contribution >= 0.6 is 0 Å². The fourth-order valence-corrected chi connectivity index (χ4v) is 3.49. The number of nitrogens with one attached hydrogen (secondary N) is 1. The Kier molecular flexibility index (Phi) is 5.44. The summed E-state index contributed by atoms with van der Waals surface area (Å²) in [6, 6.07) is 13.5. The van der Waals surface area contributed by atoms with Crippen molar-refractivity contribution in [3.05, 3.63) is 92.6 Å². The summed E-state index contributed by atoms with van der Waals surface area (Å²) in [6.07, 6.45) is 2.68. The van der Waals surface area contributed by atoms with Crippen molar-refractivity contribution < 1.29 is 9.21 Å². The molecule has 1 amide bonds. The predicted molar refractivity (Wildman–Crippen MR) is 107 cm³/mol. The number of benzene rings is 1. The van der Waals surface area contributed by atoms with Gasteiger partial charge in [-0.3, -0.25) is 19.1 Å². The first-order chi connectivity index (χ1) is 14.1. The van der Waals surface area contributed by atoms with Crippen molar-refractivity contribution in [1.82, 2.24) is 19.4 Å². The van der Waals surface area contributed by atoms with Gasteiger partial charge in [-0.05, 0) is 17.7 Å². The van der Waals surface area contributed by atoms with Gasteiger partial charge < -0.3 is 14.3 Å². The van der Waals surface area contributed by atoms with Crippen LogP contribution in [0.4, 0.5) is 0 Å². The van der Waals surface area contributed by atoms with Crippen molar-refractivity contribution in [2.24, 2.45) is 0 Å². The van der Waals surface area contributed by atoms with Gasteiger partial charge in [-0.25, -0.2) is 4.79 Å². The van der Waals surface area contributed by atoms with Crippen LogP contribution < -0.4 is 11.2 Å². The van der Waals surface area contributed by atoms with E-state index in [0.29, 0.717) is 18.8 Å². The summed E-state index contributed by atoms with van der Waals surface area (Å²) in [5.41, 5.74) is 0.0129. The topological polar surface area (TPSA) is 91.5 Å². The third-order valence-electron chi connectivity index (χ3n) is 5.09. The highest BCUT2D eigenvalue weighted by Gasteiger charge is 2.25. The molecule has 0 radical (unpaired) electrons. The van der Waals surface area contributed by atoms with E-state index >= 15 is 0 Å². The Balaban J connectivity index is 1.45. The molecular formula is C21H22N4O4. The molecule has 1 aromatic carbocycles. The summed E-state index contributed by atoms with van der Waals surface area (Å²) in [6.45, 7) is 3.32. The molecule has 0 spiro atoms. The van der Waals surface area contributed by atoms with Crippen LogP contribution in [0.25, 0.3) is 0 Å². The van der Waals surface area contributed by atoms with Gasteiger partial charge in [-0.15, -0.1) is 0 Å². The molecule has 1 saturated heterocycles. The van der Waals surface area contributed by atoms with Crippen molar-refractivity contribution in [3.8, 4) is 0 Å². The SMILES string of the molecule is O=C(c1c[nH]c(=O)n(Cc2ccco2)c1=O)N1CCN(Cc2ccccc2)CC1. The minimum Gasteiger partial charge on any atom is -0.467 e. The second kappa shape index (κ2) is 8.32. The molecule has 4 rings (SSSR count).